The third kappa shape index (κ3) is 1.49. The van der Waals surface area contributed by atoms with E-state index in [-0.39, 0.29) is 5.91 Å². The third-order valence-electron chi connectivity index (χ3n) is 3.56. The highest BCUT2D eigenvalue weighted by molar-refractivity contribution is 5.90. The van der Waals surface area contributed by atoms with E-state index in [1.807, 2.05) is 4.90 Å². The van der Waals surface area contributed by atoms with E-state index in [1.165, 1.54) is 12.7 Å². The van der Waals surface area contributed by atoms with Gasteiger partial charge in [0.1, 0.15) is 6.33 Å². The number of likely N-dealkylation sites (tertiary alicyclic amines) is 1. The van der Waals surface area contributed by atoms with E-state index >= 15 is 0 Å². The first kappa shape index (κ1) is 9.77. The van der Waals surface area contributed by atoms with Crippen LogP contribution < -0.4 is 5.32 Å². The molecule has 86 valence electrons. The number of hydrogen-bond donors (Lipinski definition) is 2. The summed E-state index contributed by atoms with van der Waals surface area (Å²) < 4.78 is 0. The number of hydrogen-bond acceptors (Lipinski definition) is 4. The molecule has 0 aliphatic carbocycles. The Bertz CT molecular complexity index is 377. The summed E-state index contributed by atoms with van der Waals surface area (Å²) >= 11 is 0. The lowest BCUT2D eigenvalue weighted by atomic mass is 9.92. The summed E-state index contributed by atoms with van der Waals surface area (Å²) in [6, 6.07) is 0.339. The highest BCUT2D eigenvalue weighted by Crippen LogP contribution is 2.27. The molecule has 2 unspecified atom stereocenters. The molecular formula is C10H15N5O. The Labute approximate surface area is 93.4 Å². The number of aromatic nitrogens is 3. The van der Waals surface area contributed by atoms with Gasteiger partial charge in [0.05, 0.1) is 0 Å². The number of nitrogens with one attached hydrogen (secondary N) is 2. The van der Waals surface area contributed by atoms with Gasteiger partial charge in [-0.3, -0.25) is 9.89 Å². The van der Waals surface area contributed by atoms with Crippen LogP contribution in [0, 0.1) is 5.92 Å². The molecule has 2 saturated heterocycles. The minimum absolute atomic E-state index is 0.0177. The zero-order valence-electron chi connectivity index (χ0n) is 9.02. The van der Waals surface area contributed by atoms with Gasteiger partial charge >= 0.3 is 0 Å². The number of rotatable bonds is 1. The van der Waals surface area contributed by atoms with Crippen molar-refractivity contribution in [2.24, 2.45) is 5.92 Å². The minimum Gasteiger partial charge on any atom is -0.331 e. The van der Waals surface area contributed by atoms with Gasteiger partial charge in [-0.2, -0.15) is 5.10 Å². The normalized spacial score (nSPS) is 29.1. The summed E-state index contributed by atoms with van der Waals surface area (Å²) in [4.78, 5) is 18.0. The molecule has 2 aliphatic rings. The van der Waals surface area contributed by atoms with Crippen LogP contribution in [0.5, 0.6) is 0 Å². The number of carbonyl (C=O) groups excluding carboxylic acids is 1. The molecule has 2 atom stereocenters. The molecule has 3 heterocycles. The Balaban J connectivity index is 1.80. The van der Waals surface area contributed by atoms with Gasteiger partial charge < -0.3 is 10.2 Å². The summed E-state index contributed by atoms with van der Waals surface area (Å²) in [5, 5.41) is 9.72. The monoisotopic (exact) mass is 221 g/mol. The molecule has 1 amide bonds. The van der Waals surface area contributed by atoms with Gasteiger partial charge in [-0.05, 0) is 18.8 Å². The predicted molar refractivity (Wildman–Crippen MR) is 56.8 cm³/mol. The number of aromatic amines is 1. The van der Waals surface area contributed by atoms with Crippen molar-refractivity contribution in [3.63, 3.8) is 0 Å². The topological polar surface area (TPSA) is 73.9 Å². The summed E-state index contributed by atoms with van der Waals surface area (Å²) in [5.41, 5.74) is 0. The lowest BCUT2D eigenvalue weighted by Crippen LogP contribution is -2.48. The molecule has 0 spiro atoms. The molecule has 1 aromatic rings. The van der Waals surface area contributed by atoms with Crippen molar-refractivity contribution in [3.05, 3.63) is 12.2 Å². The van der Waals surface area contributed by atoms with Crippen LogP contribution in [0.15, 0.2) is 6.33 Å². The first-order valence-corrected chi connectivity index (χ1v) is 5.73. The van der Waals surface area contributed by atoms with Crippen molar-refractivity contribution < 1.29 is 4.79 Å². The Morgan fingerprint density at radius 3 is 3.25 bits per heavy atom. The third-order valence-corrected chi connectivity index (χ3v) is 3.56. The number of fused-ring (bicyclic) bond motifs is 1. The zero-order chi connectivity index (χ0) is 11.0. The molecule has 2 aliphatic heterocycles. The van der Waals surface area contributed by atoms with Gasteiger partial charge in [-0.15, -0.1) is 0 Å². The smallest absolute Gasteiger partial charge is 0.291 e. The molecule has 2 fully saturated rings. The van der Waals surface area contributed by atoms with E-state index in [0.29, 0.717) is 17.8 Å². The lowest BCUT2D eigenvalue weighted by molar-refractivity contribution is 0.0562. The maximum Gasteiger partial charge on any atom is 0.291 e. The summed E-state index contributed by atoms with van der Waals surface area (Å²) in [6.07, 6.45) is 3.68. The molecule has 6 nitrogen and oxygen atoms in total. The van der Waals surface area contributed by atoms with Crippen LogP contribution in [0.2, 0.25) is 0 Å². The number of carbonyl (C=O) groups is 1. The molecule has 3 rings (SSSR count). The summed E-state index contributed by atoms with van der Waals surface area (Å²) in [7, 11) is 0. The van der Waals surface area contributed by atoms with Crippen LogP contribution in [0.4, 0.5) is 0 Å². The quantitative estimate of drug-likeness (QED) is 0.678. The van der Waals surface area contributed by atoms with Crippen molar-refractivity contribution in [1.29, 1.82) is 0 Å². The zero-order valence-corrected chi connectivity index (χ0v) is 9.02. The van der Waals surface area contributed by atoms with Crippen LogP contribution in [-0.4, -0.2) is 51.7 Å². The van der Waals surface area contributed by atoms with E-state index in [0.717, 1.165) is 26.1 Å². The van der Waals surface area contributed by atoms with E-state index < -0.39 is 0 Å². The number of H-pyrrole nitrogens is 1. The van der Waals surface area contributed by atoms with Crippen molar-refractivity contribution in [1.82, 2.24) is 25.4 Å². The van der Waals surface area contributed by atoms with Crippen LogP contribution >= 0.6 is 0 Å². The molecule has 2 N–H and O–H groups in total. The first-order valence-electron chi connectivity index (χ1n) is 5.73. The second-order valence-electron chi connectivity index (χ2n) is 4.46. The highest BCUT2D eigenvalue weighted by atomic mass is 16.2. The van der Waals surface area contributed by atoms with Crippen LogP contribution in [0.3, 0.4) is 0 Å². The Morgan fingerprint density at radius 2 is 2.44 bits per heavy atom. The highest BCUT2D eigenvalue weighted by Gasteiger charge is 2.38. The molecule has 1 aromatic heterocycles. The predicted octanol–water partition coefficient (Wildman–Crippen LogP) is -0.371. The summed E-state index contributed by atoms with van der Waals surface area (Å²) in [5.74, 6) is 0.948. The Hall–Kier alpha value is -1.43. The van der Waals surface area contributed by atoms with Gasteiger partial charge in [-0.25, -0.2) is 4.98 Å². The van der Waals surface area contributed by atoms with E-state index in [1.54, 1.807) is 0 Å². The molecule has 16 heavy (non-hydrogen) atoms. The molecule has 0 radical (unpaired) electrons. The van der Waals surface area contributed by atoms with Gasteiger partial charge in [0.15, 0.2) is 0 Å². The van der Waals surface area contributed by atoms with Crippen molar-refractivity contribution in [2.75, 3.05) is 19.6 Å². The standard InChI is InChI=1S/C10H15N5O/c16-10(9-12-6-13-14-9)15-3-1-2-7-4-11-5-8(7)15/h6-8,11H,1-5H2,(H,12,13,14). The van der Waals surface area contributed by atoms with Crippen molar-refractivity contribution >= 4 is 5.91 Å². The summed E-state index contributed by atoms with van der Waals surface area (Å²) in [6.45, 7) is 2.78. The Kier molecular flexibility index (Phi) is 2.36. The maximum atomic E-state index is 12.2. The van der Waals surface area contributed by atoms with Crippen molar-refractivity contribution in [3.8, 4) is 0 Å². The molecule has 0 aromatic carbocycles. The number of nitrogens with zero attached hydrogens (tertiary/aromatic N) is 3. The lowest BCUT2D eigenvalue weighted by Gasteiger charge is -2.36. The molecular weight excluding hydrogens is 206 g/mol. The average molecular weight is 221 g/mol. The van der Waals surface area contributed by atoms with Crippen LogP contribution in [0.1, 0.15) is 23.5 Å². The van der Waals surface area contributed by atoms with E-state index in [4.69, 9.17) is 0 Å². The van der Waals surface area contributed by atoms with E-state index in [2.05, 4.69) is 20.5 Å². The SMILES string of the molecule is O=C(c1ncn[nH]1)N1CCCC2CNCC21. The van der Waals surface area contributed by atoms with Gasteiger partial charge in [-0.1, -0.05) is 0 Å². The minimum atomic E-state index is -0.0177. The fourth-order valence-corrected chi connectivity index (χ4v) is 2.76. The Morgan fingerprint density at radius 1 is 1.50 bits per heavy atom. The molecule has 0 saturated carbocycles. The van der Waals surface area contributed by atoms with Crippen LogP contribution in [-0.2, 0) is 0 Å². The van der Waals surface area contributed by atoms with E-state index in [9.17, 15) is 4.79 Å². The van der Waals surface area contributed by atoms with Gasteiger partial charge in [0, 0.05) is 25.7 Å². The fraction of sp³-hybridized carbons (Fsp3) is 0.700. The van der Waals surface area contributed by atoms with Crippen LogP contribution in [0.25, 0.3) is 0 Å². The maximum absolute atomic E-state index is 12.2. The number of amides is 1. The fourth-order valence-electron chi connectivity index (χ4n) is 2.76. The van der Waals surface area contributed by atoms with Crippen molar-refractivity contribution in [2.45, 2.75) is 18.9 Å². The second-order valence-corrected chi connectivity index (χ2v) is 4.46. The van der Waals surface area contributed by atoms with Gasteiger partial charge in [0.25, 0.3) is 5.91 Å². The molecule has 6 heteroatoms. The number of piperidine rings is 1. The first-order chi connectivity index (χ1) is 7.86. The van der Waals surface area contributed by atoms with Gasteiger partial charge in [0.2, 0.25) is 5.82 Å². The largest absolute Gasteiger partial charge is 0.331 e. The molecule has 0 bridgehead atoms. The average Bonchev–Trinajstić information content (AvgIpc) is 2.98. The second kappa shape index (κ2) is 3.86.